The Morgan fingerprint density at radius 1 is 0.957 bits per heavy atom. The summed E-state index contributed by atoms with van der Waals surface area (Å²) in [4.78, 5) is 0. The molecule has 0 N–H and O–H groups in total. The topological polar surface area (TPSA) is 38.9 Å². The zero-order chi connectivity index (χ0) is 16.3. The second-order valence-corrected chi connectivity index (χ2v) is 5.71. The highest BCUT2D eigenvalue weighted by atomic mass is 32.2. The monoisotopic (exact) mass is 336 g/mol. The lowest BCUT2D eigenvalue weighted by Gasteiger charge is -2.07. The second kappa shape index (κ2) is 6.45. The van der Waals surface area contributed by atoms with Crippen LogP contribution in [-0.2, 0) is 11.9 Å². The van der Waals surface area contributed by atoms with E-state index in [1.54, 1.807) is 30.5 Å². The van der Waals surface area contributed by atoms with Crippen LogP contribution >= 0.6 is 11.8 Å². The molecule has 2 aromatic heterocycles. The molecule has 3 aromatic rings. The zero-order valence-corrected chi connectivity index (χ0v) is 12.6. The number of aromatic nitrogens is 2. The molecule has 118 valence electrons. The number of hydrogen-bond acceptors (Lipinski definition) is 4. The minimum Gasteiger partial charge on any atom is -0.463 e. The first-order valence-electron chi connectivity index (χ1n) is 6.69. The molecule has 1 aromatic carbocycles. The van der Waals surface area contributed by atoms with Gasteiger partial charge in [-0.1, -0.05) is 23.9 Å². The molecule has 2 heterocycles. The maximum Gasteiger partial charge on any atom is 0.416 e. The highest BCUT2D eigenvalue weighted by Gasteiger charge is 2.29. The highest BCUT2D eigenvalue weighted by molar-refractivity contribution is 7.98. The third kappa shape index (κ3) is 3.92. The number of benzene rings is 1. The van der Waals surface area contributed by atoms with Gasteiger partial charge in [0.25, 0.3) is 0 Å². The van der Waals surface area contributed by atoms with Gasteiger partial charge in [0.2, 0.25) is 0 Å². The predicted octanol–water partition coefficient (Wildman–Crippen LogP) is 5.05. The van der Waals surface area contributed by atoms with Crippen LogP contribution in [0.15, 0.2) is 64.2 Å². The molecule has 0 radical (unpaired) electrons. The van der Waals surface area contributed by atoms with Crippen molar-refractivity contribution < 1.29 is 17.6 Å². The summed E-state index contributed by atoms with van der Waals surface area (Å²) in [6, 6.07) is 12.3. The van der Waals surface area contributed by atoms with Crippen molar-refractivity contribution in [3.8, 4) is 11.5 Å². The van der Waals surface area contributed by atoms with Gasteiger partial charge in [-0.2, -0.15) is 13.2 Å². The SMILES string of the molecule is FC(F)(F)c1ccc(CSc2ccc(-c3ccco3)nn2)cc1. The van der Waals surface area contributed by atoms with Crippen LogP contribution < -0.4 is 0 Å². The molecule has 0 saturated heterocycles. The normalized spacial score (nSPS) is 11.6. The lowest BCUT2D eigenvalue weighted by molar-refractivity contribution is -0.137. The summed E-state index contributed by atoms with van der Waals surface area (Å²) in [7, 11) is 0. The van der Waals surface area contributed by atoms with E-state index in [2.05, 4.69) is 10.2 Å². The molecule has 0 saturated carbocycles. The average Bonchev–Trinajstić information content (AvgIpc) is 3.07. The van der Waals surface area contributed by atoms with Gasteiger partial charge in [-0.05, 0) is 42.0 Å². The first kappa shape index (κ1) is 15.6. The maximum atomic E-state index is 12.5. The Kier molecular flexibility index (Phi) is 4.38. The molecule has 0 aliphatic rings. The van der Waals surface area contributed by atoms with Gasteiger partial charge >= 0.3 is 6.18 Å². The van der Waals surface area contributed by atoms with Gasteiger partial charge < -0.3 is 4.42 Å². The van der Waals surface area contributed by atoms with E-state index < -0.39 is 11.7 Å². The van der Waals surface area contributed by atoms with Crippen LogP contribution in [0.25, 0.3) is 11.5 Å². The Bertz CT molecular complexity index is 754. The minimum absolute atomic E-state index is 0.521. The summed E-state index contributed by atoms with van der Waals surface area (Å²) in [6.07, 6.45) is -2.75. The number of rotatable bonds is 4. The second-order valence-electron chi connectivity index (χ2n) is 4.72. The fourth-order valence-corrected chi connectivity index (χ4v) is 2.67. The number of halogens is 3. The van der Waals surface area contributed by atoms with Gasteiger partial charge in [-0.3, -0.25) is 0 Å². The van der Waals surface area contributed by atoms with E-state index in [9.17, 15) is 13.2 Å². The third-order valence-corrected chi connectivity index (χ3v) is 4.07. The van der Waals surface area contributed by atoms with Gasteiger partial charge in [0, 0.05) is 5.75 Å². The summed E-state index contributed by atoms with van der Waals surface area (Å²) in [5.41, 5.74) is 0.780. The lowest BCUT2D eigenvalue weighted by atomic mass is 10.1. The molecule has 0 spiro atoms. The van der Waals surface area contributed by atoms with Crippen molar-refractivity contribution in [2.75, 3.05) is 0 Å². The van der Waals surface area contributed by atoms with E-state index >= 15 is 0 Å². The molecule has 7 heteroatoms. The number of alkyl halides is 3. The summed E-state index contributed by atoms with van der Waals surface area (Å²) < 4.78 is 42.7. The van der Waals surface area contributed by atoms with Crippen molar-refractivity contribution in [2.45, 2.75) is 17.0 Å². The number of nitrogens with zero attached hydrogens (tertiary/aromatic N) is 2. The van der Waals surface area contributed by atoms with Crippen LogP contribution in [0.4, 0.5) is 13.2 Å². The Balaban J connectivity index is 1.62. The van der Waals surface area contributed by atoms with Crippen LogP contribution in [0.2, 0.25) is 0 Å². The molecule has 23 heavy (non-hydrogen) atoms. The molecule has 3 nitrogen and oxygen atoms in total. The van der Waals surface area contributed by atoms with Gasteiger partial charge in [0.1, 0.15) is 10.7 Å². The van der Waals surface area contributed by atoms with Gasteiger partial charge in [0.05, 0.1) is 11.8 Å². The van der Waals surface area contributed by atoms with E-state index in [1.807, 2.05) is 0 Å². The van der Waals surface area contributed by atoms with Crippen molar-refractivity contribution in [2.24, 2.45) is 0 Å². The predicted molar refractivity (Wildman–Crippen MR) is 80.7 cm³/mol. The van der Waals surface area contributed by atoms with E-state index in [1.165, 1.54) is 23.9 Å². The third-order valence-electron chi connectivity index (χ3n) is 3.08. The van der Waals surface area contributed by atoms with Crippen LogP contribution in [0.1, 0.15) is 11.1 Å². The van der Waals surface area contributed by atoms with Crippen molar-refractivity contribution in [1.82, 2.24) is 10.2 Å². The summed E-state index contributed by atoms with van der Waals surface area (Å²) in [5.74, 6) is 1.16. The van der Waals surface area contributed by atoms with E-state index in [-0.39, 0.29) is 0 Å². The number of thioether (sulfide) groups is 1. The zero-order valence-electron chi connectivity index (χ0n) is 11.7. The molecule has 0 unspecified atom stereocenters. The quantitative estimate of drug-likeness (QED) is 0.625. The Labute approximate surface area is 134 Å². The first-order valence-corrected chi connectivity index (χ1v) is 7.67. The number of furan rings is 1. The van der Waals surface area contributed by atoms with Gasteiger partial charge in [-0.25, -0.2) is 0 Å². The van der Waals surface area contributed by atoms with E-state index in [0.717, 1.165) is 17.7 Å². The summed E-state index contributed by atoms with van der Waals surface area (Å²) in [5, 5.41) is 8.84. The van der Waals surface area contributed by atoms with Crippen LogP contribution in [0.5, 0.6) is 0 Å². The van der Waals surface area contributed by atoms with Crippen molar-refractivity contribution in [3.05, 3.63) is 65.9 Å². The molecule has 0 aliphatic heterocycles. The van der Waals surface area contributed by atoms with Crippen LogP contribution in [0.3, 0.4) is 0 Å². The van der Waals surface area contributed by atoms with Crippen molar-refractivity contribution >= 4 is 11.8 Å². The summed E-state index contributed by atoms with van der Waals surface area (Å²) >= 11 is 1.41. The van der Waals surface area contributed by atoms with E-state index in [0.29, 0.717) is 22.2 Å². The molecule has 0 bridgehead atoms. The molecule has 0 fully saturated rings. The lowest BCUT2D eigenvalue weighted by Crippen LogP contribution is -2.04. The minimum atomic E-state index is -4.31. The van der Waals surface area contributed by atoms with Crippen molar-refractivity contribution in [1.29, 1.82) is 0 Å². The molecule has 3 rings (SSSR count). The van der Waals surface area contributed by atoms with Gasteiger partial charge in [0.15, 0.2) is 5.76 Å². The van der Waals surface area contributed by atoms with E-state index in [4.69, 9.17) is 4.42 Å². The van der Waals surface area contributed by atoms with Crippen molar-refractivity contribution in [3.63, 3.8) is 0 Å². The highest BCUT2D eigenvalue weighted by Crippen LogP contribution is 2.30. The smallest absolute Gasteiger partial charge is 0.416 e. The maximum absolute atomic E-state index is 12.5. The number of hydrogen-bond donors (Lipinski definition) is 0. The molecule has 0 aliphatic carbocycles. The fraction of sp³-hybridized carbons (Fsp3) is 0.125. The summed E-state index contributed by atoms with van der Waals surface area (Å²) in [6.45, 7) is 0. The molecule has 0 atom stereocenters. The standard InChI is InChI=1S/C16H11F3N2OS/c17-16(18,19)12-5-3-11(4-6-12)10-23-15-8-7-13(20-21-15)14-2-1-9-22-14/h1-9H,10H2. The van der Waals surface area contributed by atoms with Crippen LogP contribution in [-0.4, -0.2) is 10.2 Å². The molecular formula is C16H11F3N2OS. The fourth-order valence-electron chi connectivity index (χ4n) is 1.90. The Morgan fingerprint density at radius 2 is 1.74 bits per heavy atom. The molecular weight excluding hydrogens is 325 g/mol. The largest absolute Gasteiger partial charge is 0.463 e. The van der Waals surface area contributed by atoms with Gasteiger partial charge in [-0.15, -0.1) is 10.2 Å². The first-order chi connectivity index (χ1) is 11.0. The molecule has 0 amide bonds. The Morgan fingerprint density at radius 3 is 2.30 bits per heavy atom. The average molecular weight is 336 g/mol. The Hall–Kier alpha value is -2.28. The van der Waals surface area contributed by atoms with Crippen LogP contribution in [0, 0.1) is 0 Å².